The Bertz CT molecular complexity index is 418. The number of alkyl halides is 3. The molecule has 0 radical (unpaired) electrons. The second-order valence-corrected chi connectivity index (χ2v) is 3.50. The standard InChI is InChI=1S/C10H9F3O3S/c1-2-15-9(14)6-3-7(5-8(17)4-6)16-10(11,12)13/h3-5,17H,2H2,1H3. The van der Waals surface area contributed by atoms with Crippen LogP contribution in [0, 0.1) is 0 Å². The maximum atomic E-state index is 12.0. The number of benzene rings is 1. The monoisotopic (exact) mass is 266 g/mol. The Labute approximate surface area is 101 Å². The van der Waals surface area contributed by atoms with E-state index in [0.29, 0.717) is 0 Å². The third-order valence-electron chi connectivity index (χ3n) is 1.64. The van der Waals surface area contributed by atoms with Crippen molar-refractivity contribution in [1.29, 1.82) is 0 Å². The summed E-state index contributed by atoms with van der Waals surface area (Å²) in [5.41, 5.74) is -0.0430. The minimum absolute atomic E-state index is 0.0430. The van der Waals surface area contributed by atoms with Crippen molar-refractivity contribution in [3.05, 3.63) is 23.8 Å². The molecular formula is C10H9F3O3S. The summed E-state index contributed by atoms with van der Waals surface area (Å²) in [6.07, 6.45) is -4.81. The van der Waals surface area contributed by atoms with Gasteiger partial charge in [-0.05, 0) is 25.1 Å². The van der Waals surface area contributed by atoms with Crippen LogP contribution in [0.1, 0.15) is 17.3 Å². The first-order chi connectivity index (χ1) is 7.81. The zero-order valence-electron chi connectivity index (χ0n) is 8.75. The first kappa shape index (κ1) is 13.7. The van der Waals surface area contributed by atoms with Crippen molar-refractivity contribution in [2.45, 2.75) is 18.2 Å². The zero-order chi connectivity index (χ0) is 13.1. The highest BCUT2D eigenvalue weighted by atomic mass is 32.1. The molecule has 3 nitrogen and oxygen atoms in total. The van der Waals surface area contributed by atoms with Crippen LogP contribution in [0.3, 0.4) is 0 Å². The van der Waals surface area contributed by atoms with Crippen LogP contribution >= 0.6 is 12.6 Å². The predicted octanol–water partition coefficient (Wildman–Crippen LogP) is 3.05. The van der Waals surface area contributed by atoms with Gasteiger partial charge in [0.2, 0.25) is 0 Å². The van der Waals surface area contributed by atoms with Crippen LogP contribution in [0.15, 0.2) is 23.1 Å². The fourth-order valence-corrected chi connectivity index (χ4v) is 1.37. The molecule has 0 amide bonds. The molecule has 0 aliphatic carbocycles. The SMILES string of the molecule is CCOC(=O)c1cc(S)cc(OC(F)(F)F)c1. The number of esters is 1. The van der Waals surface area contributed by atoms with E-state index in [9.17, 15) is 18.0 Å². The quantitative estimate of drug-likeness (QED) is 0.674. The molecule has 17 heavy (non-hydrogen) atoms. The summed E-state index contributed by atoms with van der Waals surface area (Å²) in [5, 5.41) is 0. The average molecular weight is 266 g/mol. The predicted molar refractivity (Wildman–Crippen MR) is 56.3 cm³/mol. The summed E-state index contributed by atoms with van der Waals surface area (Å²) in [6, 6.07) is 3.30. The molecule has 0 saturated carbocycles. The van der Waals surface area contributed by atoms with Gasteiger partial charge in [-0.15, -0.1) is 25.8 Å². The molecule has 7 heteroatoms. The van der Waals surface area contributed by atoms with E-state index < -0.39 is 18.1 Å². The van der Waals surface area contributed by atoms with Gasteiger partial charge in [0.05, 0.1) is 12.2 Å². The second-order valence-electron chi connectivity index (χ2n) is 2.98. The highest BCUT2D eigenvalue weighted by Crippen LogP contribution is 2.26. The number of halogens is 3. The van der Waals surface area contributed by atoms with Gasteiger partial charge in [0.15, 0.2) is 0 Å². The van der Waals surface area contributed by atoms with Crippen LogP contribution < -0.4 is 4.74 Å². The summed E-state index contributed by atoms with van der Waals surface area (Å²) in [6.45, 7) is 1.72. The van der Waals surface area contributed by atoms with Crippen molar-refractivity contribution in [2.75, 3.05) is 6.61 Å². The normalized spacial score (nSPS) is 11.1. The molecule has 0 spiro atoms. The summed E-state index contributed by atoms with van der Waals surface area (Å²) in [7, 11) is 0. The Hall–Kier alpha value is -1.37. The number of carbonyl (C=O) groups excluding carboxylic acids is 1. The molecule has 0 bridgehead atoms. The summed E-state index contributed by atoms with van der Waals surface area (Å²) in [5.74, 6) is -1.23. The lowest BCUT2D eigenvalue weighted by Gasteiger charge is -2.10. The molecule has 0 aliphatic heterocycles. The number of ether oxygens (including phenoxy) is 2. The minimum atomic E-state index is -4.81. The Morgan fingerprint density at radius 3 is 2.53 bits per heavy atom. The van der Waals surface area contributed by atoms with Crippen LogP contribution in [0.5, 0.6) is 5.75 Å². The third kappa shape index (κ3) is 4.56. The average Bonchev–Trinajstić information content (AvgIpc) is 2.14. The van der Waals surface area contributed by atoms with Crippen LogP contribution in [0.2, 0.25) is 0 Å². The van der Waals surface area contributed by atoms with E-state index in [1.165, 1.54) is 6.07 Å². The first-order valence-corrected chi connectivity index (χ1v) is 5.03. The first-order valence-electron chi connectivity index (χ1n) is 4.58. The van der Waals surface area contributed by atoms with E-state index >= 15 is 0 Å². The van der Waals surface area contributed by atoms with E-state index in [1.807, 2.05) is 0 Å². The molecule has 0 heterocycles. The molecule has 94 valence electrons. The van der Waals surface area contributed by atoms with E-state index in [2.05, 4.69) is 22.1 Å². The van der Waals surface area contributed by atoms with Gasteiger partial charge in [-0.3, -0.25) is 0 Å². The van der Waals surface area contributed by atoms with E-state index in [4.69, 9.17) is 0 Å². The topological polar surface area (TPSA) is 35.5 Å². The fraction of sp³-hybridized carbons (Fsp3) is 0.300. The highest BCUT2D eigenvalue weighted by molar-refractivity contribution is 7.80. The molecular weight excluding hydrogens is 257 g/mol. The smallest absolute Gasteiger partial charge is 0.462 e. The maximum Gasteiger partial charge on any atom is 0.573 e. The minimum Gasteiger partial charge on any atom is -0.462 e. The van der Waals surface area contributed by atoms with Crippen molar-refractivity contribution in [2.24, 2.45) is 0 Å². The molecule has 0 fully saturated rings. The summed E-state index contributed by atoms with van der Waals surface area (Å²) < 4.78 is 44.3. The third-order valence-corrected chi connectivity index (χ3v) is 1.89. The molecule has 1 rings (SSSR count). The van der Waals surface area contributed by atoms with Crippen LogP contribution in [0.25, 0.3) is 0 Å². The lowest BCUT2D eigenvalue weighted by molar-refractivity contribution is -0.274. The van der Waals surface area contributed by atoms with Gasteiger partial charge in [0.1, 0.15) is 5.75 Å². The van der Waals surface area contributed by atoms with Gasteiger partial charge in [0, 0.05) is 4.90 Å². The van der Waals surface area contributed by atoms with E-state index in [-0.39, 0.29) is 17.1 Å². The van der Waals surface area contributed by atoms with Gasteiger partial charge in [-0.2, -0.15) is 0 Å². The van der Waals surface area contributed by atoms with Crippen molar-refractivity contribution in [1.82, 2.24) is 0 Å². The van der Waals surface area contributed by atoms with Crippen LogP contribution in [-0.2, 0) is 4.74 Å². The van der Waals surface area contributed by atoms with E-state index in [0.717, 1.165) is 12.1 Å². The molecule has 0 saturated heterocycles. The Morgan fingerprint density at radius 1 is 1.35 bits per heavy atom. The molecule has 1 aromatic rings. The Morgan fingerprint density at radius 2 is 2.00 bits per heavy atom. The highest BCUT2D eigenvalue weighted by Gasteiger charge is 2.31. The molecule has 0 aromatic heterocycles. The molecule has 0 unspecified atom stereocenters. The Balaban J connectivity index is 2.98. The summed E-state index contributed by atoms with van der Waals surface area (Å²) in [4.78, 5) is 11.5. The molecule has 0 atom stereocenters. The lowest BCUT2D eigenvalue weighted by atomic mass is 10.2. The van der Waals surface area contributed by atoms with Gasteiger partial charge < -0.3 is 9.47 Å². The van der Waals surface area contributed by atoms with Crippen molar-refractivity contribution in [3.8, 4) is 5.75 Å². The summed E-state index contributed by atoms with van der Waals surface area (Å²) >= 11 is 3.88. The van der Waals surface area contributed by atoms with Crippen LogP contribution in [0.4, 0.5) is 13.2 Å². The number of rotatable bonds is 3. The van der Waals surface area contributed by atoms with Crippen molar-refractivity contribution < 1.29 is 27.4 Å². The fourth-order valence-electron chi connectivity index (χ4n) is 1.11. The zero-order valence-corrected chi connectivity index (χ0v) is 9.64. The molecule has 1 aromatic carbocycles. The number of thiol groups is 1. The largest absolute Gasteiger partial charge is 0.573 e. The maximum absolute atomic E-state index is 12.0. The number of hydrogen-bond acceptors (Lipinski definition) is 4. The van der Waals surface area contributed by atoms with Gasteiger partial charge in [-0.1, -0.05) is 0 Å². The Kier molecular flexibility index (Phi) is 4.28. The van der Waals surface area contributed by atoms with Crippen molar-refractivity contribution >= 4 is 18.6 Å². The molecule has 0 aliphatic rings. The second kappa shape index (κ2) is 5.31. The number of hydrogen-bond donors (Lipinski definition) is 1. The lowest BCUT2D eigenvalue weighted by Crippen LogP contribution is -2.17. The molecule has 0 N–H and O–H groups in total. The van der Waals surface area contributed by atoms with Gasteiger partial charge in [-0.25, -0.2) is 4.79 Å². The van der Waals surface area contributed by atoms with Gasteiger partial charge >= 0.3 is 12.3 Å². The van der Waals surface area contributed by atoms with Gasteiger partial charge in [0.25, 0.3) is 0 Å². The van der Waals surface area contributed by atoms with E-state index in [1.54, 1.807) is 6.92 Å². The van der Waals surface area contributed by atoms with Crippen LogP contribution in [-0.4, -0.2) is 18.9 Å². The van der Waals surface area contributed by atoms with Crippen molar-refractivity contribution in [3.63, 3.8) is 0 Å². The number of carbonyl (C=O) groups is 1.